The fraction of sp³-hybridized carbons (Fsp3) is 0.0588. The lowest BCUT2D eigenvalue weighted by Gasteiger charge is -2.10. The van der Waals surface area contributed by atoms with Crippen molar-refractivity contribution in [3.63, 3.8) is 0 Å². The molecule has 2 aromatic heterocycles. The summed E-state index contributed by atoms with van der Waals surface area (Å²) in [4.78, 5) is 0. The Morgan fingerprint density at radius 1 is 0.611 bits per heavy atom. The van der Waals surface area contributed by atoms with E-state index in [1.165, 1.54) is 32.9 Å². The third kappa shape index (κ3) is 1.11. The third-order valence-electron chi connectivity index (χ3n) is 3.71. The van der Waals surface area contributed by atoms with Crippen LogP contribution in [0, 0.1) is 6.92 Å². The van der Waals surface area contributed by atoms with E-state index in [4.69, 9.17) is 0 Å². The summed E-state index contributed by atoms with van der Waals surface area (Å²) in [5, 5.41) is 3.97. The molecular formula is C17H13N. The minimum atomic E-state index is 1.28. The molecule has 4 rings (SSSR count). The Hall–Kier alpha value is -2.28. The summed E-state index contributed by atoms with van der Waals surface area (Å²) >= 11 is 0. The average molecular weight is 231 g/mol. The fourth-order valence-electron chi connectivity index (χ4n) is 2.91. The standard InChI is InChI=1S/C17H13N/c1-12-10-11-17-15-7-3-2-6-13(15)14-8-4-5-9-16(14)18(12)17/h2-11H,1H3. The smallest absolute Gasteiger partial charge is 0.0537 e. The van der Waals surface area contributed by atoms with Gasteiger partial charge >= 0.3 is 0 Å². The number of benzene rings is 2. The normalized spacial score (nSPS) is 11.6. The fourth-order valence-corrected chi connectivity index (χ4v) is 2.91. The third-order valence-corrected chi connectivity index (χ3v) is 3.71. The Balaban J connectivity index is 2.48. The van der Waals surface area contributed by atoms with Crippen LogP contribution < -0.4 is 0 Å². The molecule has 0 aliphatic carbocycles. The maximum atomic E-state index is 2.34. The van der Waals surface area contributed by atoms with E-state index in [-0.39, 0.29) is 0 Å². The van der Waals surface area contributed by atoms with Gasteiger partial charge in [0, 0.05) is 16.5 Å². The lowest BCUT2D eigenvalue weighted by atomic mass is 10.1. The number of aryl methyl sites for hydroxylation is 1. The molecule has 0 amide bonds. The summed E-state index contributed by atoms with van der Waals surface area (Å²) < 4.78 is 2.34. The Bertz CT molecular complexity index is 884. The molecule has 0 atom stereocenters. The second-order valence-electron chi connectivity index (χ2n) is 4.76. The Kier molecular flexibility index (Phi) is 1.81. The summed E-state index contributed by atoms with van der Waals surface area (Å²) in [5.41, 5.74) is 3.86. The molecule has 0 fully saturated rings. The van der Waals surface area contributed by atoms with Gasteiger partial charge in [0.05, 0.1) is 11.0 Å². The molecule has 0 N–H and O–H groups in total. The SMILES string of the molecule is Cc1ccc2c3ccccc3c3ccccc3n12. The van der Waals surface area contributed by atoms with Gasteiger partial charge in [-0.05, 0) is 30.5 Å². The van der Waals surface area contributed by atoms with E-state index in [0.29, 0.717) is 0 Å². The molecule has 0 spiro atoms. The van der Waals surface area contributed by atoms with Gasteiger partial charge in [0.1, 0.15) is 0 Å². The molecule has 2 heterocycles. The van der Waals surface area contributed by atoms with E-state index in [1.54, 1.807) is 0 Å². The summed E-state index contributed by atoms with van der Waals surface area (Å²) in [6.07, 6.45) is 0. The summed E-state index contributed by atoms with van der Waals surface area (Å²) in [5.74, 6) is 0. The Labute approximate surface area is 105 Å². The van der Waals surface area contributed by atoms with Crippen LogP contribution in [0.4, 0.5) is 0 Å². The molecule has 4 aromatic rings. The lowest BCUT2D eigenvalue weighted by molar-refractivity contribution is 1.17. The minimum absolute atomic E-state index is 1.28. The van der Waals surface area contributed by atoms with Gasteiger partial charge in [-0.3, -0.25) is 0 Å². The Morgan fingerprint density at radius 3 is 1.89 bits per heavy atom. The molecule has 0 bridgehead atoms. The van der Waals surface area contributed by atoms with Crippen LogP contribution in [0.25, 0.3) is 27.2 Å². The van der Waals surface area contributed by atoms with Crippen molar-refractivity contribution in [2.24, 2.45) is 0 Å². The summed E-state index contributed by atoms with van der Waals surface area (Å²) in [6, 6.07) is 21.7. The monoisotopic (exact) mass is 231 g/mol. The van der Waals surface area contributed by atoms with Crippen LogP contribution in [0.3, 0.4) is 0 Å². The van der Waals surface area contributed by atoms with E-state index in [1.807, 2.05) is 0 Å². The molecule has 0 saturated carbocycles. The molecule has 0 saturated heterocycles. The molecule has 18 heavy (non-hydrogen) atoms. The molecule has 0 radical (unpaired) electrons. The highest BCUT2D eigenvalue weighted by Gasteiger charge is 2.08. The van der Waals surface area contributed by atoms with Gasteiger partial charge in [0.25, 0.3) is 0 Å². The van der Waals surface area contributed by atoms with Crippen molar-refractivity contribution in [2.45, 2.75) is 6.92 Å². The van der Waals surface area contributed by atoms with Gasteiger partial charge in [-0.1, -0.05) is 42.5 Å². The summed E-state index contributed by atoms with van der Waals surface area (Å²) in [7, 11) is 0. The highest BCUT2D eigenvalue weighted by atomic mass is 14.9. The molecule has 1 nitrogen and oxygen atoms in total. The topological polar surface area (TPSA) is 4.41 Å². The van der Waals surface area contributed by atoms with E-state index >= 15 is 0 Å². The van der Waals surface area contributed by atoms with Gasteiger partial charge in [0.2, 0.25) is 0 Å². The zero-order chi connectivity index (χ0) is 12.1. The molecule has 0 unspecified atom stereocenters. The Morgan fingerprint density at radius 2 is 1.17 bits per heavy atom. The zero-order valence-electron chi connectivity index (χ0n) is 10.2. The first-order valence-corrected chi connectivity index (χ1v) is 6.24. The van der Waals surface area contributed by atoms with E-state index in [9.17, 15) is 0 Å². The number of rotatable bonds is 0. The number of aromatic nitrogens is 1. The number of nitrogens with zero attached hydrogens (tertiary/aromatic N) is 1. The quantitative estimate of drug-likeness (QED) is 0.391. The first kappa shape index (κ1) is 9.72. The molecule has 2 aromatic carbocycles. The molecule has 86 valence electrons. The largest absolute Gasteiger partial charge is 0.313 e. The van der Waals surface area contributed by atoms with Crippen molar-refractivity contribution in [3.05, 3.63) is 66.4 Å². The number of hydrogen-bond acceptors (Lipinski definition) is 0. The van der Waals surface area contributed by atoms with Crippen LogP contribution >= 0.6 is 0 Å². The molecular weight excluding hydrogens is 218 g/mol. The predicted molar refractivity (Wildman–Crippen MR) is 77.1 cm³/mol. The maximum Gasteiger partial charge on any atom is 0.0537 e. The average Bonchev–Trinajstić information content (AvgIpc) is 2.82. The maximum absolute atomic E-state index is 2.34. The molecule has 1 heteroatoms. The van der Waals surface area contributed by atoms with E-state index in [0.717, 1.165) is 0 Å². The van der Waals surface area contributed by atoms with Crippen LogP contribution in [0.1, 0.15) is 5.69 Å². The van der Waals surface area contributed by atoms with Crippen molar-refractivity contribution in [2.75, 3.05) is 0 Å². The molecule has 0 aliphatic rings. The van der Waals surface area contributed by atoms with Crippen LogP contribution in [0.2, 0.25) is 0 Å². The van der Waals surface area contributed by atoms with Crippen LogP contribution in [0.5, 0.6) is 0 Å². The number of hydrogen-bond donors (Lipinski definition) is 0. The number of pyridine rings is 1. The second kappa shape index (κ2) is 3.36. The van der Waals surface area contributed by atoms with Crippen molar-refractivity contribution in [3.8, 4) is 0 Å². The van der Waals surface area contributed by atoms with Crippen LogP contribution in [0.15, 0.2) is 60.7 Å². The zero-order valence-corrected chi connectivity index (χ0v) is 10.2. The van der Waals surface area contributed by atoms with Crippen molar-refractivity contribution in [1.82, 2.24) is 4.40 Å². The van der Waals surface area contributed by atoms with Crippen molar-refractivity contribution >= 4 is 27.2 Å². The second-order valence-corrected chi connectivity index (χ2v) is 4.76. The van der Waals surface area contributed by atoms with Gasteiger partial charge < -0.3 is 4.40 Å². The van der Waals surface area contributed by atoms with Crippen molar-refractivity contribution < 1.29 is 0 Å². The van der Waals surface area contributed by atoms with Gasteiger partial charge in [-0.2, -0.15) is 0 Å². The van der Waals surface area contributed by atoms with Gasteiger partial charge in [-0.25, -0.2) is 0 Å². The molecule has 0 aliphatic heterocycles. The van der Waals surface area contributed by atoms with E-state index in [2.05, 4.69) is 72.0 Å². The van der Waals surface area contributed by atoms with E-state index < -0.39 is 0 Å². The first-order chi connectivity index (χ1) is 8.86. The van der Waals surface area contributed by atoms with Crippen LogP contribution in [-0.2, 0) is 0 Å². The first-order valence-electron chi connectivity index (χ1n) is 6.24. The van der Waals surface area contributed by atoms with Gasteiger partial charge in [0.15, 0.2) is 0 Å². The predicted octanol–water partition coefficient (Wildman–Crippen LogP) is 4.55. The highest BCUT2D eigenvalue weighted by Crippen LogP contribution is 2.30. The lowest BCUT2D eigenvalue weighted by Crippen LogP contribution is -1.91. The van der Waals surface area contributed by atoms with Crippen LogP contribution in [-0.4, -0.2) is 4.40 Å². The highest BCUT2D eigenvalue weighted by molar-refractivity contribution is 6.12. The van der Waals surface area contributed by atoms with Gasteiger partial charge in [-0.15, -0.1) is 0 Å². The number of para-hydroxylation sites is 1. The number of fused-ring (bicyclic) bond motifs is 6. The summed E-state index contributed by atoms with van der Waals surface area (Å²) in [6.45, 7) is 2.16. The van der Waals surface area contributed by atoms with Crippen molar-refractivity contribution in [1.29, 1.82) is 0 Å². The minimum Gasteiger partial charge on any atom is -0.313 e.